The molecular formula is C23H26ClN3O3. The first-order chi connectivity index (χ1) is 14.7. The fourth-order valence-electron chi connectivity index (χ4n) is 3.82. The molecule has 0 bridgehead atoms. The standard InChI is InChI=1S/C23H26ClN3O3/c1-29-15-6-16-30-20-10-5-4-9-19(20)27-18-8-3-2-7-17(18)21(22(27)24)23(28)26-13-11-25-12-14-26/h2-5,7-10,25H,6,11-16H2,1H3. The average molecular weight is 428 g/mol. The van der Waals surface area contributed by atoms with E-state index in [-0.39, 0.29) is 5.91 Å². The smallest absolute Gasteiger partial charge is 0.257 e. The summed E-state index contributed by atoms with van der Waals surface area (Å²) in [5.74, 6) is 0.687. The number of halogens is 1. The van der Waals surface area contributed by atoms with Crippen LogP contribution in [0.2, 0.25) is 5.15 Å². The second-order valence-electron chi connectivity index (χ2n) is 7.22. The molecule has 2 heterocycles. The van der Waals surface area contributed by atoms with Gasteiger partial charge in [-0.25, -0.2) is 0 Å². The maximum Gasteiger partial charge on any atom is 0.257 e. The fourth-order valence-corrected chi connectivity index (χ4v) is 4.19. The van der Waals surface area contributed by atoms with Gasteiger partial charge in [0.2, 0.25) is 0 Å². The van der Waals surface area contributed by atoms with Gasteiger partial charge in [0.15, 0.2) is 0 Å². The van der Waals surface area contributed by atoms with Crippen LogP contribution in [0, 0.1) is 0 Å². The maximum absolute atomic E-state index is 13.4. The minimum Gasteiger partial charge on any atom is -0.491 e. The lowest BCUT2D eigenvalue weighted by Gasteiger charge is -2.27. The first kappa shape index (κ1) is 20.7. The van der Waals surface area contributed by atoms with Gasteiger partial charge in [-0.2, -0.15) is 0 Å². The largest absolute Gasteiger partial charge is 0.491 e. The Hall–Kier alpha value is -2.54. The molecule has 30 heavy (non-hydrogen) atoms. The van der Waals surface area contributed by atoms with E-state index < -0.39 is 0 Å². The van der Waals surface area contributed by atoms with Crippen molar-refractivity contribution in [1.82, 2.24) is 14.8 Å². The molecule has 0 unspecified atom stereocenters. The number of hydrogen-bond acceptors (Lipinski definition) is 4. The van der Waals surface area contributed by atoms with E-state index in [9.17, 15) is 4.79 Å². The van der Waals surface area contributed by atoms with E-state index in [1.165, 1.54) is 0 Å². The van der Waals surface area contributed by atoms with E-state index >= 15 is 0 Å². The van der Waals surface area contributed by atoms with Crippen LogP contribution in [0.15, 0.2) is 48.5 Å². The zero-order valence-electron chi connectivity index (χ0n) is 17.1. The monoisotopic (exact) mass is 427 g/mol. The van der Waals surface area contributed by atoms with Gasteiger partial charge in [0, 0.05) is 51.7 Å². The first-order valence-electron chi connectivity index (χ1n) is 10.2. The normalized spacial score (nSPS) is 14.3. The Kier molecular flexibility index (Phi) is 6.57. The van der Waals surface area contributed by atoms with Gasteiger partial charge in [0.25, 0.3) is 5.91 Å². The molecule has 1 N–H and O–H groups in total. The van der Waals surface area contributed by atoms with E-state index in [0.717, 1.165) is 41.9 Å². The minimum absolute atomic E-state index is 0.0325. The molecule has 2 aromatic carbocycles. The molecule has 158 valence electrons. The molecular weight excluding hydrogens is 402 g/mol. The molecule has 6 nitrogen and oxygen atoms in total. The lowest BCUT2D eigenvalue weighted by Crippen LogP contribution is -2.46. The predicted octanol–water partition coefficient (Wildman–Crippen LogP) is 3.74. The summed E-state index contributed by atoms with van der Waals surface area (Å²) in [6, 6.07) is 15.6. The number of carbonyl (C=O) groups is 1. The molecule has 3 aromatic rings. The fraction of sp³-hybridized carbons (Fsp3) is 0.348. The van der Waals surface area contributed by atoms with Crippen molar-refractivity contribution < 1.29 is 14.3 Å². The number of piperazine rings is 1. The highest BCUT2D eigenvalue weighted by Crippen LogP contribution is 2.37. The second kappa shape index (κ2) is 9.51. The van der Waals surface area contributed by atoms with E-state index in [1.807, 2.05) is 58.0 Å². The van der Waals surface area contributed by atoms with Crippen LogP contribution in [0.3, 0.4) is 0 Å². The Morgan fingerprint density at radius 1 is 1.07 bits per heavy atom. The molecule has 7 heteroatoms. The molecule has 0 radical (unpaired) electrons. The van der Waals surface area contributed by atoms with Crippen LogP contribution in [-0.4, -0.2) is 61.9 Å². The zero-order chi connectivity index (χ0) is 20.9. The van der Waals surface area contributed by atoms with Gasteiger partial charge in [-0.3, -0.25) is 9.36 Å². The molecule has 1 fully saturated rings. The van der Waals surface area contributed by atoms with Gasteiger partial charge in [-0.15, -0.1) is 0 Å². The molecule has 1 aliphatic rings. The van der Waals surface area contributed by atoms with Crippen molar-refractivity contribution in [3.05, 3.63) is 59.2 Å². The van der Waals surface area contributed by atoms with E-state index in [2.05, 4.69) is 5.32 Å². The lowest BCUT2D eigenvalue weighted by atomic mass is 10.1. The second-order valence-corrected chi connectivity index (χ2v) is 7.58. The molecule has 0 saturated carbocycles. The lowest BCUT2D eigenvalue weighted by molar-refractivity contribution is 0.0738. The number of ether oxygens (including phenoxy) is 2. The molecule has 1 amide bonds. The summed E-state index contributed by atoms with van der Waals surface area (Å²) in [4.78, 5) is 15.2. The van der Waals surface area contributed by atoms with Crippen LogP contribution in [-0.2, 0) is 4.74 Å². The summed E-state index contributed by atoms with van der Waals surface area (Å²) in [5, 5.41) is 4.54. The van der Waals surface area contributed by atoms with Crippen LogP contribution in [0.25, 0.3) is 16.6 Å². The molecule has 1 saturated heterocycles. The van der Waals surface area contributed by atoms with Crippen LogP contribution >= 0.6 is 11.6 Å². The number of amides is 1. The Labute approximate surface area is 181 Å². The Morgan fingerprint density at radius 3 is 2.60 bits per heavy atom. The Morgan fingerprint density at radius 2 is 1.80 bits per heavy atom. The minimum atomic E-state index is -0.0325. The number of carbonyl (C=O) groups excluding carboxylic acids is 1. The summed E-state index contributed by atoms with van der Waals surface area (Å²) < 4.78 is 13.0. The van der Waals surface area contributed by atoms with Crippen molar-refractivity contribution in [2.45, 2.75) is 6.42 Å². The number of rotatable bonds is 7. The zero-order valence-corrected chi connectivity index (χ0v) is 17.8. The van der Waals surface area contributed by atoms with Crippen molar-refractivity contribution in [3.8, 4) is 11.4 Å². The molecule has 1 aromatic heterocycles. The topological polar surface area (TPSA) is 55.7 Å². The van der Waals surface area contributed by atoms with Crippen LogP contribution < -0.4 is 10.1 Å². The Balaban J connectivity index is 1.78. The number of para-hydroxylation sites is 3. The predicted molar refractivity (Wildman–Crippen MR) is 119 cm³/mol. The SMILES string of the molecule is COCCCOc1ccccc1-n1c(Cl)c(C(=O)N2CCNCC2)c2ccccc21. The van der Waals surface area contributed by atoms with Crippen LogP contribution in [0.1, 0.15) is 16.8 Å². The molecule has 0 spiro atoms. The third-order valence-electron chi connectivity index (χ3n) is 5.29. The van der Waals surface area contributed by atoms with Crippen molar-refractivity contribution in [3.63, 3.8) is 0 Å². The van der Waals surface area contributed by atoms with Gasteiger partial charge < -0.3 is 19.7 Å². The molecule has 0 aliphatic carbocycles. The van der Waals surface area contributed by atoms with Gasteiger partial charge in [-0.1, -0.05) is 41.9 Å². The molecule has 1 aliphatic heterocycles. The summed E-state index contributed by atoms with van der Waals surface area (Å²) >= 11 is 6.88. The number of fused-ring (bicyclic) bond motifs is 1. The highest BCUT2D eigenvalue weighted by atomic mass is 35.5. The summed E-state index contributed by atoms with van der Waals surface area (Å²) in [6.07, 6.45) is 0.789. The maximum atomic E-state index is 13.4. The number of aromatic nitrogens is 1. The highest BCUT2D eigenvalue weighted by Gasteiger charge is 2.27. The van der Waals surface area contributed by atoms with Gasteiger partial charge in [0.05, 0.1) is 23.4 Å². The average Bonchev–Trinajstić information content (AvgIpc) is 3.08. The molecule has 0 atom stereocenters. The number of nitrogens with zero attached hydrogens (tertiary/aromatic N) is 2. The van der Waals surface area contributed by atoms with Crippen molar-refractivity contribution in [2.24, 2.45) is 0 Å². The summed E-state index contributed by atoms with van der Waals surface area (Å²) in [7, 11) is 1.68. The van der Waals surface area contributed by atoms with E-state index in [4.69, 9.17) is 21.1 Å². The number of methoxy groups -OCH3 is 1. The molecule has 4 rings (SSSR count). The van der Waals surface area contributed by atoms with Gasteiger partial charge >= 0.3 is 0 Å². The van der Waals surface area contributed by atoms with Crippen molar-refractivity contribution in [1.29, 1.82) is 0 Å². The summed E-state index contributed by atoms with van der Waals surface area (Å²) in [5.41, 5.74) is 2.24. The van der Waals surface area contributed by atoms with E-state index in [1.54, 1.807) is 7.11 Å². The first-order valence-corrected chi connectivity index (χ1v) is 10.6. The quantitative estimate of drug-likeness (QED) is 0.583. The number of nitrogens with one attached hydrogen (secondary N) is 1. The van der Waals surface area contributed by atoms with E-state index in [0.29, 0.717) is 37.0 Å². The van der Waals surface area contributed by atoms with Crippen molar-refractivity contribution >= 4 is 28.4 Å². The number of benzene rings is 2. The number of hydrogen-bond donors (Lipinski definition) is 1. The van der Waals surface area contributed by atoms with Crippen molar-refractivity contribution in [2.75, 3.05) is 46.5 Å². The highest BCUT2D eigenvalue weighted by molar-refractivity contribution is 6.36. The summed E-state index contributed by atoms with van der Waals surface area (Å²) in [6.45, 7) is 4.11. The Bertz CT molecular complexity index is 1030. The van der Waals surface area contributed by atoms with Gasteiger partial charge in [-0.05, 0) is 18.2 Å². The van der Waals surface area contributed by atoms with Crippen LogP contribution in [0.5, 0.6) is 5.75 Å². The third kappa shape index (κ3) is 4.03. The van der Waals surface area contributed by atoms with Crippen LogP contribution in [0.4, 0.5) is 0 Å². The van der Waals surface area contributed by atoms with Gasteiger partial charge in [0.1, 0.15) is 10.9 Å². The third-order valence-corrected chi connectivity index (χ3v) is 5.65.